The highest BCUT2D eigenvalue weighted by Crippen LogP contribution is 2.20. The first-order valence-corrected chi connectivity index (χ1v) is 8.32. The Hall–Kier alpha value is -1.69. The maximum Gasteiger partial charge on any atom is 0.267 e. The van der Waals surface area contributed by atoms with E-state index >= 15 is 0 Å². The number of amides is 1. The van der Waals surface area contributed by atoms with Crippen LogP contribution in [0.15, 0.2) is 4.79 Å². The molecule has 1 fully saturated rings. The number of aromatic nitrogens is 2. The van der Waals surface area contributed by atoms with Gasteiger partial charge in [0.05, 0.1) is 12.2 Å². The van der Waals surface area contributed by atoms with Crippen LogP contribution in [0.4, 0.5) is 0 Å². The van der Waals surface area contributed by atoms with Gasteiger partial charge in [-0.1, -0.05) is 0 Å². The highest BCUT2D eigenvalue weighted by Gasteiger charge is 2.18. The predicted molar refractivity (Wildman–Crippen MR) is 83.9 cm³/mol. The lowest BCUT2D eigenvalue weighted by Gasteiger charge is -2.18. The molecule has 1 saturated heterocycles. The molecule has 0 atom stereocenters. The predicted octanol–water partition coefficient (Wildman–Crippen LogP) is 0.403. The Morgan fingerprint density at radius 3 is 2.64 bits per heavy atom. The smallest absolute Gasteiger partial charge is 0.267 e. The number of nitrogens with zero attached hydrogens (tertiary/aromatic N) is 2. The number of aromatic amines is 1. The van der Waals surface area contributed by atoms with Gasteiger partial charge in [-0.15, -0.1) is 0 Å². The van der Waals surface area contributed by atoms with Crippen LogP contribution in [0.5, 0.6) is 0 Å². The summed E-state index contributed by atoms with van der Waals surface area (Å²) in [6, 6.07) is 0. The first-order chi connectivity index (χ1) is 10.7. The third kappa shape index (κ3) is 3.55. The van der Waals surface area contributed by atoms with E-state index in [-0.39, 0.29) is 11.5 Å². The van der Waals surface area contributed by atoms with Crippen LogP contribution in [0.1, 0.15) is 42.5 Å². The van der Waals surface area contributed by atoms with Gasteiger partial charge in [0.25, 0.3) is 5.56 Å². The zero-order chi connectivity index (χ0) is 15.4. The van der Waals surface area contributed by atoms with E-state index < -0.39 is 0 Å². The second kappa shape index (κ2) is 7.05. The van der Waals surface area contributed by atoms with Crippen LogP contribution in [0.3, 0.4) is 0 Å². The Labute approximate surface area is 130 Å². The zero-order valence-electron chi connectivity index (χ0n) is 13.0. The molecule has 3 rings (SSSR count). The summed E-state index contributed by atoms with van der Waals surface area (Å²) in [6.45, 7) is 3.14. The van der Waals surface area contributed by atoms with Gasteiger partial charge in [-0.25, -0.2) is 5.10 Å². The van der Waals surface area contributed by atoms with Crippen molar-refractivity contribution in [2.24, 2.45) is 0 Å². The van der Waals surface area contributed by atoms with Crippen molar-refractivity contribution in [2.75, 3.05) is 26.2 Å². The van der Waals surface area contributed by atoms with Crippen LogP contribution in [-0.2, 0) is 24.1 Å². The van der Waals surface area contributed by atoms with Crippen LogP contribution in [0.25, 0.3) is 0 Å². The summed E-state index contributed by atoms with van der Waals surface area (Å²) in [5.74, 6) is 0.0835. The van der Waals surface area contributed by atoms with Crippen molar-refractivity contribution in [3.05, 3.63) is 27.2 Å². The van der Waals surface area contributed by atoms with Gasteiger partial charge in [-0.3, -0.25) is 14.5 Å². The first-order valence-electron chi connectivity index (χ1n) is 8.32. The highest BCUT2D eigenvalue weighted by atomic mass is 16.2. The Morgan fingerprint density at radius 1 is 1.14 bits per heavy atom. The van der Waals surface area contributed by atoms with E-state index in [0.29, 0.717) is 19.5 Å². The van der Waals surface area contributed by atoms with Gasteiger partial charge in [0.15, 0.2) is 0 Å². The number of carbonyl (C=O) groups is 1. The molecule has 0 saturated carbocycles. The molecule has 1 aliphatic carbocycles. The molecule has 1 aromatic heterocycles. The summed E-state index contributed by atoms with van der Waals surface area (Å²) in [6.07, 6.45) is 7.05. The van der Waals surface area contributed by atoms with Crippen molar-refractivity contribution >= 4 is 5.91 Å². The number of carbonyl (C=O) groups excluding carboxylic acids is 1. The van der Waals surface area contributed by atoms with Gasteiger partial charge < -0.3 is 5.32 Å². The van der Waals surface area contributed by atoms with E-state index in [0.717, 1.165) is 55.6 Å². The standard InChI is InChI=1S/C16H24N4O2/c21-15(11-20-9-3-4-10-20)17-8-7-14-12-5-1-2-6-13(12)16(22)19-18-14/h1-11H2,(H,17,21)(H,19,22). The van der Waals surface area contributed by atoms with Gasteiger partial charge >= 0.3 is 0 Å². The van der Waals surface area contributed by atoms with E-state index in [9.17, 15) is 9.59 Å². The molecule has 0 aromatic carbocycles. The number of hydrogen-bond acceptors (Lipinski definition) is 4. The average molecular weight is 304 g/mol. The molecule has 120 valence electrons. The van der Waals surface area contributed by atoms with E-state index in [1.54, 1.807) is 0 Å². The highest BCUT2D eigenvalue weighted by molar-refractivity contribution is 5.78. The molecule has 2 aliphatic rings. The third-order valence-corrected chi connectivity index (χ3v) is 4.63. The number of hydrogen-bond donors (Lipinski definition) is 2. The summed E-state index contributed by atoms with van der Waals surface area (Å²) in [5.41, 5.74) is 2.91. The van der Waals surface area contributed by atoms with Crippen molar-refractivity contribution in [1.29, 1.82) is 0 Å². The number of H-pyrrole nitrogens is 1. The molecule has 0 spiro atoms. The maximum atomic E-state index is 11.9. The van der Waals surface area contributed by atoms with Crippen LogP contribution in [0.2, 0.25) is 0 Å². The monoisotopic (exact) mass is 304 g/mol. The molecule has 0 unspecified atom stereocenters. The van der Waals surface area contributed by atoms with Gasteiger partial charge in [0.1, 0.15) is 0 Å². The summed E-state index contributed by atoms with van der Waals surface area (Å²) in [7, 11) is 0. The van der Waals surface area contributed by atoms with Gasteiger partial charge in [-0.2, -0.15) is 5.10 Å². The van der Waals surface area contributed by atoms with Crippen molar-refractivity contribution < 1.29 is 4.79 Å². The quantitative estimate of drug-likeness (QED) is 0.825. The molecular weight excluding hydrogens is 280 g/mol. The molecule has 2 N–H and O–H groups in total. The van der Waals surface area contributed by atoms with Gasteiger partial charge in [0.2, 0.25) is 5.91 Å². The maximum absolute atomic E-state index is 11.9. The lowest BCUT2D eigenvalue weighted by Crippen LogP contribution is -2.37. The summed E-state index contributed by atoms with van der Waals surface area (Å²) in [5, 5.41) is 9.76. The molecule has 2 heterocycles. The summed E-state index contributed by atoms with van der Waals surface area (Å²) < 4.78 is 0. The molecular formula is C16H24N4O2. The third-order valence-electron chi connectivity index (χ3n) is 4.63. The topological polar surface area (TPSA) is 78.1 Å². The second-order valence-electron chi connectivity index (χ2n) is 6.25. The zero-order valence-corrected chi connectivity index (χ0v) is 13.0. The SMILES string of the molecule is O=C(CN1CCCC1)NCCc1n[nH]c(=O)c2c1CCCC2. The molecule has 6 heteroatoms. The van der Waals surface area contributed by atoms with E-state index in [1.165, 1.54) is 12.8 Å². The van der Waals surface area contributed by atoms with E-state index in [2.05, 4.69) is 20.4 Å². The van der Waals surface area contributed by atoms with Gasteiger partial charge in [0, 0.05) is 18.5 Å². The second-order valence-corrected chi connectivity index (χ2v) is 6.25. The molecule has 1 amide bonds. The van der Waals surface area contributed by atoms with Crippen LogP contribution >= 0.6 is 0 Å². The minimum absolute atomic E-state index is 0.0449. The fraction of sp³-hybridized carbons (Fsp3) is 0.688. The number of fused-ring (bicyclic) bond motifs is 1. The number of nitrogens with one attached hydrogen (secondary N) is 2. The van der Waals surface area contributed by atoms with Crippen molar-refractivity contribution in [3.8, 4) is 0 Å². The van der Waals surface area contributed by atoms with E-state index in [1.807, 2.05) is 0 Å². The van der Waals surface area contributed by atoms with Gasteiger partial charge in [-0.05, 0) is 57.2 Å². The minimum atomic E-state index is -0.0449. The molecule has 6 nitrogen and oxygen atoms in total. The Balaban J connectivity index is 1.53. The molecule has 0 bridgehead atoms. The molecule has 1 aliphatic heterocycles. The minimum Gasteiger partial charge on any atom is -0.355 e. The molecule has 0 radical (unpaired) electrons. The lowest BCUT2D eigenvalue weighted by molar-refractivity contribution is -0.121. The van der Waals surface area contributed by atoms with Crippen molar-refractivity contribution in [2.45, 2.75) is 44.9 Å². The fourth-order valence-electron chi connectivity index (χ4n) is 3.45. The largest absolute Gasteiger partial charge is 0.355 e. The average Bonchev–Trinajstić information content (AvgIpc) is 3.03. The Bertz CT molecular complexity index is 590. The normalized spacial score (nSPS) is 18.2. The van der Waals surface area contributed by atoms with Crippen molar-refractivity contribution in [1.82, 2.24) is 20.4 Å². The number of rotatable bonds is 5. The first kappa shape index (κ1) is 15.2. The van der Waals surface area contributed by atoms with Crippen LogP contribution < -0.4 is 10.9 Å². The van der Waals surface area contributed by atoms with Crippen LogP contribution in [0, 0.1) is 0 Å². The number of likely N-dealkylation sites (tertiary alicyclic amines) is 1. The molecule has 1 aromatic rings. The Morgan fingerprint density at radius 2 is 1.86 bits per heavy atom. The van der Waals surface area contributed by atoms with E-state index in [4.69, 9.17) is 0 Å². The molecule has 22 heavy (non-hydrogen) atoms. The van der Waals surface area contributed by atoms with Crippen molar-refractivity contribution in [3.63, 3.8) is 0 Å². The van der Waals surface area contributed by atoms with Crippen LogP contribution in [-0.4, -0.2) is 47.2 Å². The summed E-state index contributed by atoms with van der Waals surface area (Å²) in [4.78, 5) is 25.9. The lowest BCUT2D eigenvalue weighted by atomic mass is 9.91. The summed E-state index contributed by atoms with van der Waals surface area (Å²) >= 11 is 0. The Kier molecular flexibility index (Phi) is 4.87. The fourth-order valence-corrected chi connectivity index (χ4v) is 3.45.